The van der Waals surface area contributed by atoms with E-state index in [1.165, 1.54) is 0 Å². The number of pyridine rings is 1. The average molecular weight is 399 g/mol. The third-order valence-corrected chi connectivity index (χ3v) is 5.01. The van der Waals surface area contributed by atoms with E-state index in [9.17, 15) is 0 Å². The Kier molecular flexibility index (Phi) is 6.09. The molecule has 4 rings (SSSR count). The van der Waals surface area contributed by atoms with E-state index in [1.54, 1.807) is 13.3 Å². The second kappa shape index (κ2) is 9.27. The highest BCUT2D eigenvalue weighted by molar-refractivity contribution is 6.02. The molecule has 0 radical (unpaired) electrons. The zero-order chi connectivity index (χ0) is 20.8. The number of rotatable bonds is 8. The molecule has 0 fully saturated rings. The summed E-state index contributed by atoms with van der Waals surface area (Å²) in [5, 5.41) is 7.62. The highest BCUT2D eigenvalue weighted by Crippen LogP contribution is 2.28. The van der Waals surface area contributed by atoms with Gasteiger partial charge in [0.1, 0.15) is 11.5 Å². The van der Waals surface area contributed by atoms with Crippen molar-refractivity contribution in [3.63, 3.8) is 0 Å². The van der Waals surface area contributed by atoms with Crippen molar-refractivity contribution in [3.8, 4) is 11.5 Å². The highest BCUT2D eigenvalue weighted by atomic mass is 16.5. The zero-order valence-electron chi connectivity index (χ0n) is 17.3. The molecule has 1 aromatic heterocycles. The lowest BCUT2D eigenvalue weighted by Gasteiger charge is -2.10. The minimum atomic E-state index is 0.716. The van der Waals surface area contributed by atoms with Crippen molar-refractivity contribution in [2.24, 2.45) is 5.10 Å². The maximum Gasteiger partial charge on any atom is 0.126 e. The number of hydrogen-bond acceptors (Lipinski definition) is 5. The number of anilines is 1. The molecule has 30 heavy (non-hydrogen) atoms. The van der Waals surface area contributed by atoms with Gasteiger partial charge in [-0.25, -0.2) is 0 Å². The third-order valence-electron chi connectivity index (χ3n) is 5.01. The first kappa shape index (κ1) is 19.7. The Labute approximate surface area is 176 Å². The summed E-state index contributed by atoms with van der Waals surface area (Å²) in [5.74, 6) is 1.70. The highest BCUT2D eigenvalue weighted by Gasteiger charge is 2.06. The molecule has 1 heterocycles. The summed E-state index contributed by atoms with van der Waals surface area (Å²) < 4.78 is 11.3. The fraction of sp³-hybridized carbons (Fsp3) is 0.200. The third kappa shape index (κ3) is 4.20. The number of aromatic nitrogens is 1. The van der Waals surface area contributed by atoms with Gasteiger partial charge in [0.15, 0.2) is 0 Å². The quantitative estimate of drug-likeness (QED) is 0.224. The second-order valence-corrected chi connectivity index (χ2v) is 7.01. The van der Waals surface area contributed by atoms with Crippen LogP contribution in [-0.4, -0.2) is 24.9 Å². The fourth-order valence-electron chi connectivity index (χ4n) is 3.40. The van der Waals surface area contributed by atoms with E-state index >= 15 is 0 Å². The Morgan fingerprint density at radius 1 is 1.00 bits per heavy atom. The average Bonchev–Trinajstić information content (AvgIpc) is 2.79. The topological polar surface area (TPSA) is 55.7 Å². The van der Waals surface area contributed by atoms with Gasteiger partial charge in [0.25, 0.3) is 0 Å². The molecule has 0 aliphatic rings. The van der Waals surface area contributed by atoms with Crippen LogP contribution in [0.5, 0.6) is 11.5 Å². The minimum absolute atomic E-state index is 0.716. The molecule has 1 N–H and O–H groups in total. The summed E-state index contributed by atoms with van der Waals surface area (Å²) in [7, 11) is 1.69. The molecule has 0 aliphatic heterocycles. The molecule has 5 heteroatoms. The normalized spacial score (nSPS) is 11.3. The lowest BCUT2D eigenvalue weighted by molar-refractivity contribution is 0.310. The van der Waals surface area contributed by atoms with Crippen LogP contribution in [0.15, 0.2) is 72.0 Å². The Hall–Kier alpha value is -3.60. The standard InChI is InChI=1S/C25H25N3O2/c1-3-4-15-30-19-10-11-23-22(16-19)24(13-14-26-23)28-27-17-18-9-12-25(29-2)21-8-6-5-7-20(18)21/h5-14,16-17H,3-4,15H2,1-2H3,(H,26,28)/b27-17+. The SMILES string of the molecule is CCCCOc1ccc2nccc(N/N=C/c3ccc(OC)c4ccccc34)c2c1. The minimum Gasteiger partial charge on any atom is -0.496 e. The number of hydrazone groups is 1. The molecule has 4 aromatic rings. The summed E-state index contributed by atoms with van der Waals surface area (Å²) in [4.78, 5) is 4.44. The monoisotopic (exact) mass is 399 g/mol. The van der Waals surface area contributed by atoms with Gasteiger partial charge in [0.05, 0.1) is 31.1 Å². The number of fused-ring (bicyclic) bond motifs is 2. The first-order chi connectivity index (χ1) is 14.8. The van der Waals surface area contributed by atoms with Crippen LogP contribution in [0.2, 0.25) is 0 Å². The van der Waals surface area contributed by atoms with Crippen LogP contribution in [0.4, 0.5) is 5.69 Å². The van der Waals surface area contributed by atoms with Crippen LogP contribution in [-0.2, 0) is 0 Å². The van der Waals surface area contributed by atoms with E-state index < -0.39 is 0 Å². The van der Waals surface area contributed by atoms with Gasteiger partial charge in [0, 0.05) is 22.5 Å². The van der Waals surface area contributed by atoms with Gasteiger partial charge in [-0.2, -0.15) is 5.10 Å². The predicted octanol–water partition coefficient (Wildman–Crippen LogP) is 6.02. The van der Waals surface area contributed by atoms with Crippen molar-refractivity contribution in [2.75, 3.05) is 19.1 Å². The molecule has 3 aromatic carbocycles. The lowest BCUT2D eigenvalue weighted by Crippen LogP contribution is -1.97. The Morgan fingerprint density at radius 3 is 2.70 bits per heavy atom. The molecule has 0 spiro atoms. The van der Waals surface area contributed by atoms with Crippen LogP contribution in [0, 0.1) is 0 Å². The van der Waals surface area contributed by atoms with E-state index in [0.717, 1.165) is 57.3 Å². The molecular weight excluding hydrogens is 374 g/mol. The summed E-state index contributed by atoms with van der Waals surface area (Å²) in [5.41, 5.74) is 5.96. The number of unbranched alkanes of at least 4 members (excludes halogenated alkanes) is 1. The van der Waals surface area contributed by atoms with Crippen LogP contribution < -0.4 is 14.9 Å². The Bertz CT molecular complexity index is 1190. The van der Waals surface area contributed by atoms with Gasteiger partial charge in [-0.05, 0) is 48.2 Å². The molecule has 5 nitrogen and oxygen atoms in total. The number of hydrogen-bond donors (Lipinski definition) is 1. The van der Waals surface area contributed by atoms with Crippen LogP contribution >= 0.6 is 0 Å². The molecule has 0 saturated carbocycles. The molecular formula is C25H25N3O2. The van der Waals surface area contributed by atoms with E-state index in [4.69, 9.17) is 9.47 Å². The number of methoxy groups -OCH3 is 1. The van der Waals surface area contributed by atoms with Crippen molar-refractivity contribution < 1.29 is 9.47 Å². The molecule has 0 amide bonds. The maximum atomic E-state index is 5.85. The van der Waals surface area contributed by atoms with Crippen LogP contribution in [0.3, 0.4) is 0 Å². The smallest absolute Gasteiger partial charge is 0.126 e. The van der Waals surface area contributed by atoms with Crippen molar-refractivity contribution in [1.82, 2.24) is 4.98 Å². The molecule has 0 saturated heterocycles. The van der Waals surface area contributed by atoms with E-state index in [0.29, 0.717) is 6.61 Å². The van der Waals surface area contributed by atoms with Crippen LogP contribution in [0.25, 0.3) is 21.7 Å². The fourth-order valence-corrected chi connectivity index (χ4v) is 3.40. The molecule has 0 unspecified atom stereocenters. The van der Waals surface area contributed by atoms with Gasteiger partial charge in [-0.3, -0.25) is 10.4 Å². The molecule has 0 atom stereocenters. The lowest BCUT2D eigenvalue weighted by atomic mass is 10.0. The van der Waals surface area contributed by atoms with Crippen molar-refractivity contribution in [2.45, 2.75) is 19.8 Å². The summed E-state index contributed by atoms with van der Waals surface area (Å²) in [6, 6.07) is 20.0. The number of ether oxygens (including phenoxy) is 2. The Balaban J connectivity index is 1.60. The van der Waals surface area contributed by atoms with Gasteiger partial charge >= 0.3 is 0 Å². The molecule has 0 aliphatic carbocycles. The largest absolute Gasteiger partial charge is 0.496 e. The number of nitrogens with one attached hydrogen (secondary N) is 1. The van der Waals surface area contributed by atoms with Crippen molar-refractivity contribution in [1.29, 1.82) is 0 Å². The molecule has 0 bridgehead atoms. The molecule has 152 valence electrons. The Morgan fingerprint density at radius 2 is 1.87 bits per heavy atom. The van der Waals surface area contributed by atoms with Crippen LogP contribution in [0.1, 0.15) is 25.3 Å². The zero-order valence-corrected chi connectivity index (χ0v) is 17.3. The first-order valence-electron chi connectivity index (χ1n) is 10.2. The van der Waals surface area contributed by atoms with Gasteiger partial charge < -0.3 is 9.47 Å². The van der Waals surface area contributed by atoms with Crippen molar-refractivity contribution in [3.05, 3.63) is 72.4 Å². The maximum absolute atomic E-state index is 5.85. The van der Waals surface area contributed by atoms with Gasteiger partial charge in [0.2, 0.25) is 0 Å². The second-order valence-electron chi connectivity index (χ2n) is 7.01. The summed E-state index contributed by atoms with van der Waals surface area (Å²) >= 11 is 0. The summed E-state index contributed by atoms with van der Waals surface area (Å²) in [6.07, 6.45) is 5.75. The van der Waals surface area contributed by atoms with Gasteiger partial charge in [-0.15, -0.1) is 0 Å². The predicted molar refractivity (Wildman–Crippen MR) is 124 cm³/mol. The van der Waals surface area contributed by atoms with Crippen molar-refractivity contribution >= 4 is 33.6 Å². The van der Waals surface area contributed by atoms with E-state index in [1.807, 2.05) is 54.7 Å². The van der Waals surface area contributed by atoms with E-state index in [-0.39, 0.29) is 0 Å². The number of nitrogens with zero attached hydrogens (tertiary/aromatic N) is 2. The first-order valence-corrected chi connectivity index (χ1v) is 10.2. The van der Waals surface area contributed by atoms with E-state index in [2.05, 4.69) is 34.6 Å². The number of benzene rings is 3. The summed E-state index contributed by atoms with van der Waals surface area (Å²) in [6.45, 7) is 2.87. The van der Waals surface area contributed by atoms with Gasteiger partial charge in [-0.1, -0.05) is 37.6 Å².